The van der Waals surface area contributed by atoms with E-state index >= 15 is 0 Å². The molecule has 1 rings (SSSR count). The fraction of sp³-hybridized carbons (Fsp3) is 0.455. The van der Waals surface area contributed by atoms with Crippen LogP contribution in [0.3, 0.4) is 0 Å². The molecule has 0 aliphatic rings. The van der Waals surface area contributed by atoms with Crippen molar-refractivity contribution in [1.82, 2.24) is 0 Å². The molecule has 1 atom stereocenters. The van der Waals surface area contributed by atoms with Gasteiger partial charge in [-0.25, -0.2) is 0 Å². The Hall–Kier alpha value is -0.420. The van der Waals surface area contributed by atoms with Crippen molar-refractivity contribution in [3.05, 3.63) is 34.3 Å². The van der Waals surface area contributed by atoms with Crippen LogP contribution in [-0.2, 0) is 11.3 Å². The van der Waals surface area contributed by atoms with Crippen molar-refractivity contribution in [2.24, 2.45) is 0 Å². The van der Waals surface area contributed by atoms with Gasteiger partial charge >= 0.3 is 0 Å². The third-order valence-electron chi connectivity index (χ3n) is 1.97. The van der Waals surface area contributed by atoms with Gasteiger partial charge in [-0.3, -0.25) is 0 Å². The van der Waals surface area contributed by atoms with Gasteiger partial charge in [0.2, 0.25) is 0 Å². The Bertz CT molecular complexity index is 312. The maximum absolute atomic E-state index is 9.48. The van der Waals surface area contributed by atoms with Crippen molar-refractivity contribution in [2.75, 3.05) is 13.2 Å². The van der Waals surface area contributed by atoms with Crippen LogP contribution < -0.4 is 0 Å². The molecule has 1 aromatic carbocycles. The highest BCUT2D eigenvalue weighted by Crippen LogP contribution is 2.17. The second-order valence-electron chi connectivity index (χ2n) is 3.74. The molecule has 2 N–H and O–H groups in total. The average Bonchev–Trinajstić information content (AvgIpc) is 2.21. The summed E-state index contributed by atoms with van der Waals surface area (Å²) in [5.41, 5.74) is -0.146. The largest absolute Gasteiger partial charge is 0.393 e. The number of ether oxygens (including phenoxy) is 1. The van der Waals surface area contributed by atoms with Gasteiger partial charge in [0.15, 0.2) is 0 Å². The normalized spacial score (nSPS) is 14.9. The minimum Gasteiger partial charge on any atom is -0.393 e. The Labute approximate surface area is 97.8 Å². The molecular formula is C11H15BrO3. The molecule has 0 aliphatic heterocycles. The summed E-state index contributed by atoms with van der Waals surface area (Å²) in [5, 5.41) is 18.3. The van der Waals surface area contributed by atoms with Gasteiger partial charge in [0.05, 0.1) is 19.8 Å². The van der Waals surface area contributed by atoms with Gasteiger partial charge in [0.25, 0.3) is 0 Å². The summed E-state index contributed by atoms with van der Waals surface area (Å²) in [5.74, 6) is 0. The SMILES string of the molecule is CC(O)(CO)COCc1ccccc1Br. The zero-order valence-corrected chi connectivity index (χ0v) is 10.2. The Kier molecular flexibility index (Phi) is 4.73. The van der Waals surface area contributed by atoms with Crippen LogP contribution in [0.5, 0.6) is 0 Å². The van der Waals surface area contributed by atoms with Gasteiger partial charge in [-0.2, -0.15) is 0 Å². The lowest BCUT2D eigenvalue weighted by molar-refractivity contribution is -0.0695. The Morgan fingerprint density at radius 2 is 2.07 bits per heavy atom. The molecule has 15 heavy (non-hydrogen) atoms. The first-order valence-corrected chi connectivity index (χ1v) is 5.49. The molecule has 4 heteroatoms. The van der Waals surface area contributed by atoms with E-state index in [4.69, 9.17) is 9.84 Å². The number of hydrogen-bond donors (Lipinski definition) is 2. The lowest BCUT2D eigenvalue weighted by atomic mass is 10.1. The molecule has 0 radical (unpaired) electrons. The number of aliphatic hydroxyl groups excluding tert-OH is 1. The number of rotatable bonds is 5. The first kappa shape index (κ1) is 12.6. The Balaban J connectivity index is 2.42. The lowest BCUT2D eigenvalue weighted by Gasteiger charge is -2.20. The molecule has 0 saturated heterocycles. The maximum atomic E-state index is 9.48. The summed E-state index contributed by atoms with van der Waals surface area (Å²) in [6.45, 7) is 1.76. The minimum atomic E-state index is -1.17. The van der Waals surface area contributed by atoms with Crippen molar-refractivity contribution in [3.8, 4) is 0 Å². The molecule has 0 aliphatic carbocycles. The second kappa shape index (κ2) is 5.61. The fourth-order valence-corrected chi connectivity index (χ4v) is 1.44. The van der Waals surface area contributed by atoms with Gasteiger partial charge in [-0.15, -0.1) is 0 Å². The molecule has 3 nitrogen and oxygen atoms in total. The molecule has 84 valence electrons. The fourth-order valence-electron chi connectivity index (χ4n) is 1.04. The van der Waals surface area contributed by atoms with Crippen LogP contribution in [0.1, 0.15) is 12.5 Å². The van der Waals surface area contributed by atoms with Crippen LogP contribution in [0.2, 0.25) is 0 Å². The van der Waals surface area contributed by atoms with Crippen LogP contribution in [0.25, 0.3) is 0 Å². The minimum absolute atomic E-state index is 0.116. The van der Waals surface area contributed by atoms with Crippen molar-refractivity contribution < 1.29 is 14.9 Å². The van der Waals surface area contributed by atoms with Crippen molar-refractivity contribution in [1.29, 1.82) is 0 Å². The van der Waals surface area contributed by atoms with E-state index in [9.17, 15) is 5.11 Å². The van der Waals surface area contributed by atoms with Gasteiger partial charge in [0.1, 0.15) is 5.60 Å². The summed E-state index contributed by atoms with van der Waals surface area (Å²) in [7, 11) is 0. The summed E-state index contributed by atoms with van der Waals surface area (Å²) in [4.78, 5) is 0. The zero-order valence-electron chi connectivity index (χ0n) is 8.61. The monoisotopic (exact) mass is 274 g/mol. The van der Waals surface area contributed by atoms with E-state index in [1.54, 1.807) is 0 Å². The van der Waals surface area contributed by atoms with Crippen LogP contribution >= 0.6 is 15.9 Å². The summed E-state index contributed by atoms with van der Waals surface area (Å²) >= 11 is 3.40. The Morgan fingerprint density at radius 1 is 1.40 bits per heavy atom. The van der Waals surface area contributed by atoms with E-state index < -0.39 is 5.60 Å². The number of benzene rings is 1. The first-order chi connectivity index (χ1) is 7.05. The van der Waals surface area contributed by atoms with Crippen molar-refractivity contribution >= 4 is 15.9 Å². The third-order valence-corrected chi connectivity index (χ3v) is 2.74. The third kappa shape index (κ3) is 4.30. The van der Waals surface area contributed by atoms with Crippen molar-refractivity contribution in [2.45, 2.75) is 19.1 Å². The van der Waals surface area contributed by atoms with Gasteiger partial charge in [-0.1, -0.05) is 34.1 Å². The molecule has 0 spiro atoms. The van der Waals surface area contributed by atoms with Crippen LogP contribution in [0, 0.1) is 0 Å². The topological polar surface area (TPSA) is 49.7 Å². The van der Waals surface area contributed by atoms with E-state index in [0.29, 0.717) is 6.61 Å². The molecule has 0 bridgehead atoms. The van der Waals surface area contributed by atoms with E-state index in [0.717, 1.165) is 10.0 Å². The Morgan fingerprint density at radius 3 is 2.67 bits per heavy atom. The molecule has 1 unspecified atom stereocenters. The molecular weight excluding hydrogens is 260 g/mol. The quantitative estimate of drug-likeness (QED) is 0.860. The highest BCUT2D eigenvalue weighted by atomic mass is 79.9. The molecule has 0 fully saturated rings. The molecule has 0 saturated carbocycles. The van der Waals surface area contributed by atoms with Crippen LogP contribution in [0.15, 0.2) is 28.7 Å². The summed E-state index contributed by atoms with van der Waals surface area (Å²) in [6, 6.07) is 7.73. The highest BCUT2D eigenvalue weighted by Gasteiger charge is 2.18. The number of halogens is 1. The summed E-state index contributed by atoms with van der Waals surface area (Å²) < 4.78 is 6.30. The van der Waals surface area contributed by atoms with Crippen LogP contribution in [0.4, 0.5) is 0 Å². The molecule has 0 amide bonds. The highest BCUT2D eigenvalue weighted by molar-refractivity contribution is 9.10. The number of hydrogen-bond acceptors (Lipinski definition) is 3. The molecule has 0 aromatic heterocycles. The standard InChI is InChI=1S/C11H15BrO3/c1-11(14,7-13)8-15-6-9-4-2-3-5-10(9)12/h2-5,13-14H,6-8H2,1H3. The lowest BCUT2D eigenvalue weighted by Crippen LogP contribution is -2.34. The average molecular weight is 275 g/mol. The van der Waals surface area contributed by atoms with Crippen molar-refractivity contribution in [3.63, 3.8) is 0 Å². The summed E-state index contributed by atoms with van der Waals surface area (Å²) in [6.07, 6.45) is 0. The van der Waals surface area contributed by atoms with E-state index in [1.165, 1.54) is 6.92 Å². The predicted octanol–water partition coefficient (Wildman–Crippen LogP) is 1.71. The zero-order chi connectivity index (χ0) is 11.3. The number of aliphatic hydroxyl groups is 2. The van der Waals surface area contributed by atoms with Gasteiger partial charge < -0.3 is 14.9 Å². The van der Waals surface area contributed by atoms with E-state index in [2.05, 4.69) is 15.9 Å². The maximum Gasteiger partial charge on any atom is 0.108 e. The van der Waals surface area contributed by atoms with Gasteiger partial charge in [0, 0.05) is 4.47 Å². The molecule has 0 heterocycles. The van der Waals surface area contributed by atoms with Crippen LogP contribution in [-0.4, -0.2) is 29.0 Å². The smallest absolute Gasteiger partial charge is 0.108 e. The molecule has 1 aromatic rings. The predicted molar refractivity (Wildman–Crippen MR) is 61.5 cm³/mol. The van der Waals surface area contributed by atoms with Gasteiger partial charge in [-0.05, 0) is 18.6 Å². The van der Waals surface area contributed by atoms with E-state index in [1.807, 2.05) is 24.3 Å². The second-order valence-corrected chi connectivity index (χ2v) is 4.59. The van der Waals surface area contributed by atoms with E-state index in [-0.39, 0.29) is 13.2 Å². The first-order valence-electron chi connectivity index (χ1n) is 4.69.